The molecular weight excluding hydrogens is 244 g/mol. The van der Waals surface area contributed by atoms with Gasteiger partial charge in [0, 0.05) is 32.4 Å². The summed E-state index contributed by atoms with van der Waals surface area (Å²) in [4.78, 5) is 22.2. The summed E-state index contributed by atoms with van der Waals surface area (Å²) in [5.74, 6) is 0.373. The van der Waals surface area contributed by atoms with Gasteiger partial charge >= 0.3 is 0 Å². The maximum Gasteiger partial charge on any atom is 0.244 e. The number of aromatic nitrogens is 2. The van der Waals surface area contributed by atoms with Crippen LogP contribution in [0.2, 0.25) is 0 Å². The number of rotatable bonds is 3. The molecule has 1 fully saturated rings. The van der Waals surface area contributed by atoms with Gasteiger partial charge in [-0.05, 0) is 13.0 Å². The van der Waals surface area contributed by atoms with Gasteiger partial charge < -0.3 is 15.5 Å². The standard InChI is InChI=1S/C12H16N6O/c1-2-15-11(19)10-8-14-5-6-18(10)12-16-4-3-9(7-13)17-12/h3-4,10,14H,2,5-6,8H2,1H3,(H,15,19). The normalized spacial score (nSPS) is 18.7. The molecule has 7 nitrogen and oxygen atoms in total. The summed E-state index contributed by atoms with van der Waals surface area (Å²) in [5.41, 5.74) is 0.304. The lowest BCUT2D eigenvalue weighted by atomic mass is 10.2. The molecule has 2 rings (SSSR count). The van der Waals surface area contributed by atoms with Crippen LogP contribution in [-0.4, -0.2) is 48.1 Å². The second-order valence-electron chi connectivity index (χ2n) is 4.16. The van der Waals surface area contributed by atoms with Gasteiger partial charge in [-0.15, -0.1) is 0 Å². The molecule has 1 aliphatic rings. The molecule has 7 heteroatoms. The van der Waals surface area contributed by atoms with Crippen molar-refractivity contribution in [2.24, 2.45) is 0 Å². The fraction of sp³-hybridized carbons (Fsp3) is 0.500. The fourth-order valence-electron chi connectivity index (χ4n) is 2.02. The first-order valence-corrected chi connectivity index (χ1v) is 6.24. The van der Waals surface area contributed by atoms with Gasteiger partial charge in [0.2, 0.25) is 11.9 Å². The van der Waals surface area contributed by atoms with Crippen molar-refractivity contribution in [3.63, 3.8) is 0 Å². The van der Waals surface area contributed by atoms with E-state index in [-0.39, 0.29) is 11.9 Å². The molecule has 1 aromatic rings. The van der Waals surface area contributed by atoms with Gasteiger partial charge in [-0.1, -0.05) is 0 Å². The van der Waals surface area contributed by atoms with E-state index in [1.54, 1.807) is 6.07 Å². The third kappa shape index (κ3) is 2.98. The van der Waals surface area contributed by atoms with Gasteiger partial charge in [0.05, 0.1) is 0 Å². The molecule has 0 aromatic carbocycles. The van der Waals surface area contributed by atoms with Gasteiger partial charge in [0.25, 0.3) is 0 Å². The summed E-state index contributed by atoms with van der Waals surface area (Å²) in [6.07, 6.45) is 1.54. The van der Waals surface area contributed by atoms with Crippen molar-refractivity contribution < 1.29 is 4.79 Å². The molecule has 0 aliphatic carbocycles. The van der Waals surface area contributed by atoms with Crippen molar-refractivity contribution in [3.05, 3.63) is 18.0 Å². The molecule has 2 heterocycles. The molecular formula is C12H16N6O. The highest BCUT2D eigenvalue weighted by atomic mass is 16.2. The largest absolute Gasteiger partial charge is 0.355 e. The Kier molecular flexibility index (Phi) is 4.26. The average molecular weight is 260 g/mol. The van der Waals surface area contributed by atoms with Crippen LogP contribution >= 0.6 is 0 Å². The van der Waals surface area contributed by atoms with Crippen LogP contribution in [0.5, 0.6) is 0 Å². The quantitative estimate of drug-likeness (QED) is 0.743. The first kappa shape index (κ1) is 13.2. The summed E-state index contributed by atoms with van der Waals surface area (Å²) in [6.45, 7) is 4.41. The Balaban J connectivity index is 2.23. The lowest BCUT2D eigenvalue weighted by Gasteiger charge is -2.35. The van der Waals surface area contributed by atoms with E-state index in [4.69, 9.17) is 5.26 Å². The molecule has 1 atom stereocenters. The molecule has 1 amide bonds. The Morgan fingerprint density at radius 2 is 2.58 bits per heavy atom. The van der Waals surface area contributed by atoms with Gasteiger partial charge in [-0.2, -0.15) is 5.26 Å². The van der Waals surface area contributed by atoms with E-state index in [1.807, 2.05) is 17.9 Å². The van der Waals surface area contributed by atoms with E-state index >= 15 is 0 Å². The summed E-state index contributed by atoms with van der Waals surface area (Å²) < 4.78 is 0. The third-order valence-electron chi connectivity index (χ3n) is 2.91. The highest BCUT2D eigenvalue weighted by Crippen LogP contribution is 2.13. The van der Waals surface area contributed by atoms with Crippen LogP contribution in [0.15, 0.2) is 12.3 Å². The van der Waals surface area contributed by atoms with Gasteiger partial charge in [0.15, 0.2) is 0 Å². The maximum atomic E-state index is 12.0. The van der Waals surface area contributed by atoms with Crippen LogP contribution < -0.4 is 15.5 Å². The Hall–Kier alpha value is -2.20. The first-order valence-electron chi connectivity index (χ1n) is 6.24. The number of carbonyl (C=O) groups excluding carboxylic acids is 1. The topological polar surface area (TPSA) is 93.9 Å². The Bertz CT molecular complexity index is 497. The smallest absolute Gasteiger partial charge is 0.244 e. The number of carbonyl (C=O) groups is 1. The zero-order chi connectivity index (χ0) is 13.7. The van der Waals surface area contributed by atoms with Crippen LogP contribution in [0.4, 0.5) is 5.95 Å². The lowest BCUT2D eigenvalue weighted by Crippen LogP contribution is -2.58. The highest BCUT2D eigenvalue weighted by Gasteiger charge is 2.30. The van der Waals surface area contributed by atoms with Crippen molar-refractivity contribution in [2.45, 2.75) is 13.0 Å². The lowest BCUT2D eigenvalue weighted by molar-refractivity contribution is -0.122. The minimum atomic E-state index is -0.345. The summed E-state index contributed by atoms with van der Waals surface area (Å²) in [6, 6.07) is 3.19. The zero-order valence-corrected chi connectivity index (χ0v) is 10.8. The van der Waals surface area contributed by atoms with Gasteiger partial charge in [-0.25, -0.2) is 9.97 Å². The number of amides is 1. The minimum Gasteiger partial charge on any atom is -0.355 e. The van der Waals surface area contributed by atoms with Crippen LogP contribution in [0.1, 0.15) is 12.6 Å². The molecule has 1 aliphatic heterocycles. The van der Waals surface area contributed by atoms with E-state index in [1.165, 1.54) is 6.20 Å². The molecule has 0 bridgehead atoms. The molecule has 1 aromatic heterocycles. The second-order valence-corrected chi connectivity index (χ2v) is 4.16. The minimum absolute atomic E-state index is 0.0549. The van der Waals surface area contributed by atoms with Crippen molar-refractivity contribution in [2.75, 3.05) is 31.1 Å². The number of piperazine rings is 1. The van der Waals surface area contributed by atoms with Crippen molar-refractivity contribution in [1.29, 1.82) is 5.26 Å². The molecule has 2 N–H and O–H groups in total. The molecule has 100 valence electrons. The Morgan fingerprint density at radius 3 is 3.32 bits per heavy atom. The molecule has 0 saturated carbocycles. The third-order valence-corrected chi connectivity index (χ3v) is 2.91. The van der Waals surface area contributed by atoms with E-state index in [0.29, 0.717) is 31.3 Å². The monoisotopic (exact) mass is 260 g/mol. The molecule has 0 radical (unpaired) electrons. The molecule has 19 heavy (non-hydrogen) atoms. The van der Waals surface area contributed by atoms with Gasteiger partial charge in [0.1, 0.15) is 17.8 Å². The van der Waals surface area contributed by atoms with E-state index in [0.717, 1.165) is 6.54 Å². The SMILES string of the molecule is CCNC(=O)C1CNCCN1c1nccc(C#N)n1. The number of likely N-dealkylation sites (N-methyl/N-ethyl adjacent to an activating group) is 1. The Morgan fingerprint density at radius 1 is 1.74 bits per heavy atom. The van der Waals surface area contributed by atoms with Crippen molar-refractivity contribution in [1.82, 2.24) is 20.6 Å². The fourth-order valence-corrected chi connectivity index (χ4v) is 2.02. The van der Waals surface area contributed by atoms with E-state index < -0.39 is 0 Å². The maximum absolute atomic E-state index is 12.0. The number of anilines is 1. The van der Waals surface area contributed by atoms with Crippen molar-refractivity contribution >= 4 is 11.9 Å². The number of nitriles is 1. The predicted molar refractivity (Wildman–Crippen MR) is 69.4 cm³/mol. The molecule has 0 spiro atoms. The van der Waals surface area contributed by atoms with E-state index in [9.17, 15) is 4.79 Å². The molecule has 1 unspecified atom stereocenters. The highest BCUT2D eigenvalue weighted by molar-refractivity contribution is 5.85. The van der Waals surface area contributed by atoms with E-state index in [2.05, 4.69) is 20.6 Å². The zero-order valence-electron chi connectivity index (χ0n) is 10.8. The Labute approximate surface area is 111 Å². The van der Waals surface area contributed by atoms with Gasteiger partial charge in [-0.3, -0.25) is 4.79 Å². The number of nitrogens with one attached hydrogen (secondary N) is 2. The number of hydrogen-bond donors (Lipinski definition) is 2. The van der Waals surface area contributed by atoms with Crippen molar-refractivity contribution in [3.8, 4) is 6.07 Å². The van der Waals surface area contributed by atoms with Crippen LogP contribution in [-0.2, 0) is 4.79 Å². The average Bonchev–Trinajstić information content (AvgIpc) is 2.47. The first-order chi connectivity index (χ1) is 9.26. The van der Waals surface area contributed by atoms with Crippen LogP contribution in [0, 0.1) is 11.3 Å². The molecule has 1 saturated heterocycles. The predicted octanol–water partition coefficient (Wildman–Crippen LogP) is -0.737. The summed E-state index contributed by atoms with van der Waals surface area (Å²) in [7, 11) is 0. The summed E-state index contributed by atoms with van der Waals surface area (Å²) in [5, 5.41) is 14.9. The number of hydrogen-bond acceptors (Lipinski definition) is 6. The van der Waals surface area contributed by atoms with Crippen LogP contribution in [0.25, 0.3) is 0 Å². The number of nitrogens with zero attached hydrogens (tertiary/aromatic N) is 4. The van der Waals surface area contributed by atoms with Crippen LogP contribution in [0.3, 0.4) is 0 Å². The summed E-state index contributed by atoms with van der Waals surface area (Å²) >= 11 is 0. The second kappa shape index (κ2) is 6.11.